The lowest BCUT2D eigenvalue weighted by Gasteiger charge is -2.46. The molecule has 1 heterocycles. The highest BCUT2D eigenvalue weighted by Gasteiger charge is 2.51. The monoisotopic (exact) mass is 746 g/mol. The Kier molecular flexibility index (Phi) is 12.2. The Hall–Kier alpha value is -6.08. The van der Waals surface area contributed by atoms with Gasteiger partial charge in [-0.3, -0.25) is 9.69 Å². The van der Waals surface area contributed by atoms with Crippen molar-refractivity contribution in [3.63, 3.8) is 0 Å². The summed E-state index contributed by atoms with van der Waals surface area (Å²) in [6.45, 7) is 10.8. The van der Waals surface area contributed by atoms with Gasteiger partial charge in [0.1, 0.15) is 19.2 Å². The standard InChI is InChI=1S/C46H46N4O4Si/c1-5-28-53-45(52)49-32-39(34-54-55(46(2,3)4,40-22-14-8-15-23-40)41-24-16-9-17-25-41)50(43(51)33-49)31-35-26-27-38(30-47)42(29-35)48-44(36-18-10-6-11-19-36)37-20-12-7-13-21-37/h5-27,29,39H,1,28,31-34H2,2-4H3. The first-order valence-corrected chi connectivity index (χ1v) is 20.3. The van der Waals surface area contributed by atoms with Crippen LogP contribution in [0.25, 0.3) is 0 Å². The molecule has 1 saturated heterocycles. The lowest BCUT2D eigenvalue weighted by Crippen LogP contribution is -2.68. The van der Waals surface area contributed by atoms with Crippen LogP contribution in [0.4, 0.5) is 10.5 Å². The van der Waals surface area contributed by atoms with E-state index in [1.165, 1.54) is 11.0 Å². The minimum Gasteiger partial charge on any atom is -0.445 e. The highest BCUT2D eigenvalue weighted by atomic mass is 28.4. The number of nitrogens with zero attached hydrogens (tertiary/aromatic N) is 4. The molecule has 1 atom stereocenters. The van der Waals surface area contributed by atoms with Crippen LogP contribution in [-0.4, -0.2) is 68.2 Å². The Morgan fingerprint density at radius 2 is 1.42 bits per heavy atom. The Morgan fingerprint density at radius 1 is 0.873 bits per heavy atom. The van der Waals surface area contributed by atoms with Crippen LogP contribution in [0.3, 0.4) is 0 Å². The Labute approximate surface area is 325 Å². The van der Waals surface area contributed by atoms with Gasteiger partial charge in [-0.05, 0) is 33.1 Å². The van der Waals surface area contributed by atoms with Gasteiger partial charge in [0.2, 0.25) is 5.91 Å². The number of amides is 2. The summed E-state index contributed by atoms with van der Waals surface area (Å²) in [6.07, 6.45) is 0.929. The number of benzene rings is 5. The summed E-state index contributed by atoms with van der Waals surface area (Å²) in [6, 6.07) is 47.7. The first-order valence-electron chi connectivity index (χ1n) is 18.4. The van der Waals surface area contributed by atoms with Gasteiger partial charge in [0.05, 0.1) is 29.6 Å². The predicted molar refractivity (Wildman–Crippen MR) is 220 cm³/mol. The van der Waals surface area contributed by atoms with Gasteiger partial charge in [-0.15, -0.1) is 0 Å². The highest BCUT2D eigenvalue weighted by molar-refractivity contribution is 6.99. The Balaban J connectivity index is 1.39. The molecule has 0 radical (unpaired) electrons. The number of hydrogen-bond donors (Lipinski definition) is 0. The van der Waals surface area contributed by atoms with E-state index in [1.807, 2.05) is 109 Å². The molecular formula is C46H46N4O4Si. The van der Waals surface area contributed by atoms with Crippen molar-refractivity contribution in [2.45, 2.75) is 38.4 Å². The summed E-state index contributed by atoms with van der Waals surface area (Å²) >= 11 is 0. The molecule has 8 nitrogen and oxygen atoms in total. The number of piperazine rings is 1. The van der Waals surface area contributed by atoms with Crippen molar-refractivity contribution >= 4 is 42.1 Å². The zero-order valence-corrected chi connectivity index (χ0v) is 32.6. The maximum Gasteiger partial charge on any atom is 0.410 e. The fourth-order valence-corrected chi connectivity index (χ4v) is 11.8. The van der Waals surface area contributed by atoms with E-state index in [1.54, 1.807) is 11.0 Å². The number of hydrogen-bond acceptors (Lipinski definition) is 6. The van der Waals surface area contributed by atoms with Gasteiger partial charge in [0.25, 0.3) is 8.32 Å². The lowest BCUT2D eigenvalue weighted by atomic mass is 10.0. The molecule has 278 valence electrons. The third-order valence-corrected chi connectivity index (χ3v) is 14.9. The van der Waals surface area contributed by atoms with Crippen LogP contribution in [0.2, 0.25) is 5.04 Å². The molecule has 55 heavy (non-hydrogen) atoms. The number of ether oxygens (including phenoxy) is 1. The predicted octanol–water partition coefficient (Wildman–Crippen LogP) is 7.64. The van der Waals surface area contributed by atoms with Crippen molar-refractivity contribution in [1.82, 2.24) is 9.80 Å². The molecular weight excluding hydrogens is 701 g/mol. The van der Waals surface area contributed by atoms with Gasteiger partial charge in [-0.1, -0.05) is 161 Å². The maximum absolute atomic E-state index is 14.1. The first kappa shape index (κ1) is 38.6. The molecule has 0 saturated carbocycles. The minimum atomic E-state index is -2.99. The molecule has 0 bridgehead atoms. The second kappa shape index (κ2) is 17.4. The molecule has 1 aliphatic heterocycles. The van der Waals surface area contributed by atoms with Crippen molar-refractivity contribution < 1.29 is 18.8 Å². The van der Waals surface area contributed by atoms with Gasteiger partial charge in [-0.25, -0.2) is 9.79 Å². The van der Waals surface area contributed by atoms with Gasteiger partial charge in [-0.2, -0.15) is 5.26 Å². The van der Waals surface area contributed by atoms with Crippen LogP contribution < -0.4 is 10.4 Å². The van der Waals surface area contributed by atoms with E-state index in [-0.39, 0.29) is 43.8 Å². The van der Waals surface area contributed by atoms with E-state index in [2.05, 4.69) is 57.7 Å². The Bertz CT molecular complexity index is 2080. The fraction of sp³-hybridized carbons (Fsp3) is 0.217. The van der Waals surface area contributed by atoms with Crippen LogP contribution in [0.1, 0.15) is 43.0 Å². The molecule has 1 aliphatic rings. The summed E-state index contributed by atoms with van der Waals surface area (Å²) in [5.74, 6) is -0.235. The van der Waals surface area contributed by atoms with Crippen molar-refractivity contribution in [1.29, 1.82) is 5.26 Å². The van der Waals surface area contributed by atoms with Crippen LogP contribution >= 0.6 is 0 Å². The molecule has 2 amide bonds. The third kappa shape index (κ3) is 8.67. The zero-order chi connectivity index (χ0) is 38.8. The van der Waals surface area contributed by atoms with Crippen LogP contribution in [0.15, 0.2) is 157 Å². The van der Waals surface area contributed by atoms with E-state index in [0.717, 1.165) is 32.8 Å². The smallest absolute Gasteiger partial charge is 0.410 e. The molecule has 0 spiro atoms. The molecule has 1 unspecified atom stereocenters. The molecule has 1 fully saturated rings. The van der Waals surface area contributed by atoms with Crippen LogP contribution in [-0.2, 0) is 20.5 Å². The summed E-state index contributed by atoms with van der Waals surface area (Å²) in [7, 11) is -2.99. The fourth-order valence-electron chi connectivity index (χ4n) is 7.25. The van der Waals surface area contributed by atoms with Gasteiger partial charge in [0, 0.05) is 24.2 Å². The maximum atomic E-state index is 14.1. The van der Waals surface area contributed by atoms with Crippen molar-refractivity contribution in [2.24, 2.45) is 4.99 Å². The second-order valence-electron chi connectivity index (χ2n) is 14.6. The third-order valence-electron chi connectivity index (χ3n) is 9.87. The Morgan fingerprint density at radius 3 is 1.93 bits per heavy atom. The number of rotatable bonds is 12. The molecule has 9 heteroatoms. The quantitative estimate of drug-likeness (QED) is 0.0744. The zero-order valence-electron chi connectivity index (χ0n) is 31.6. The summed E-state index contributed by atoms with van der Waals surface area (Å²) in [5.41, 5.74) is 4.28. The molecule has 6 rings (SSSR count). The summed E-state index contributed by atoms with van der Waals surface area (Å²) in [5, 5.41) is 12.1. The largest absolute Gasteiger partial charge is 0.445 e. The topological polar surface area (TPSA) is 95.2 Å². The summed E-state index contributed by atoms with van der Waals surface area (Å²) in [4.78, 5) is 35.6. The average Bonchev–Trinajstić information content (AvgIpc) is 3.21. The molecule has 5 aromatic carbocycles. The minimum absolute atomic E-state index is 0.0406. The first-order chi connectivity index (χ1) is 26.6. The number of carbonyl (C=O) groups is 2. The van der Waals surface area contributed by atoms with E-state index in [0.29, 0.717) is 11.3 Å². The highest BCUT2D eigenvalue weighted by Crippen LogP contribution is 2.37. The van der Waals surface area contributed by atoms with Crippen molar-refractivity contribution in [3.8, 4) is 6.07 Å². The number of nitriles is 1. The van der Waals surface area contributed by atoms with E-state index < -0.39 is 20.5 Å². The average molecular weight is 747 g/mol. The molecule has 0 N–H and O–H groups in total. The molecule has 0 aliphatic carbocycles. The van der Waals surface area contributed by atoms with Crippen LogP contribution in [0, 0.1) is 11.3 Å². The van der Waals surface area contributed by atoms with Crippen molar-refractivity contribution in [2.75, 3.05) is 26.3 Å². The number of carbonyl (C=O) groups excluding carboxylic acids is 2. The molecule has 0 aromatic heterocycles. The lowest BCUT2D eigenvalue weighted by molar-refractivity contribution is -0.141. The number of aliphatic imine (C=N–C) groups is 1. The van der Waals surface area contributed by atoms with Gasteiger partial charge < -0.3 is 14.1 Å². The van der Waals surface area contributed by atoms with Crippen LogP contribution in [0.5, 0.6) is 0 Å². The van der Waals surface area contributed by atoms with Gasteiger partial charge >= 0.3 is 6.09 Å². The second-order valence-corrected chi connectivity index (χ2v) is 18.9. The molecule has 5 aromatic rings. The van der Waals surface area contributed by atoms with E-state index in [4.69, 9.17) is 14.2 Å². The normalized spacial score (nSPS) is 14.5. The van der Waals surface area contributed by atoms with Gasteiger partial charge in [0.15, 0.2) is 0 Å². The summed E-state index contributed by atoms with van der Waals surface area (Å²) < 4.78 is 12.7. The van der Waals surface area contributed by atoms with E-state index >= 15 is 0 Å². The van der Waals surface area contributed by atoms with E-state index in [9.17, 15) is 14.9 Å². The van der Waals surface area contributed by atoms with Crippen molar-refractivity contribution in [3.05, 3.63) is 174 Å². The SMILES string of the molecule is C=CCOC(=O)N1CC(=O)N(Cc2ccc(C#N)c(N=C(c3ccccc3)c3ccccc3)c2)C(CO[Si](c2ccccc2)(c2ccccc2)C(C)(C)C)C1.